The van der Waals surface area contributed by atoms with E-state index in [-0.39, 0.29) is 12.4 Å². The SMILES string of the molecule is Cl.O=C(O)c1cccc2cc(OCCN3CCCCC3)ccc12. The molecule has 1 fully saturated rings. The molecule has 1 heterocycles. The van der Waals surface area contributed by atoms with Gasteiger partial charge in [-0.05, 0) is 61.0 Å². The molecule has 0 atom stereocenters. The van der Waals surface area contributed by atoms with E-state index in [9.17, 15) is 9.90 Å². The highest BCUT2D eigenvalue weighted by Gasteiger charge is 2.10. The van der Waals surface area contributed by atoms with Crippen LogP contribution in [0.1, 0.15) is 29.6 Å². The van der Waals surface area contributed by atoms with Crippen LogP contribution in [-0.4, -0.2) is 42.2 Å². The Morgan fingerprint density at radius 2 is 1.91 bits per heavy atom. The minimum atomic E-state index is -0.899. The van der Waals surface area contributed by atoms with Crippen molar-refractivity contribution in [2.24, 2.45) is 0 Å². The molecule has 0 unspecified atom stereocenters. The zero-order valence-corrected chi connectivity index (χ0v) is 13.8. The van der Waals surface area contributed by atoms with E-state index in [0.717, 1.165) is 23.1 Å². The van der Waals surface area contributed by atoms with Crippen molar-refractivity contribution in [2.45, 2.75) is 19.3 Å². The van der Waals surface area contributed by atoms with Crippen molar-refractivity contribution in [1.29, 1.82) is 0 Å². The highest BCUT2D eigenvalue weighted by Crippen LogP contribution is 2.24. The zero-order valence-electron chi connectivity index (χ0n) is 13.0. The molecule has 0 amide bonds. The summed E-state index contributed by atoms with van der Waals surface area (Å²) < 4.78 is 5.83. The molecule has 0 aliphatic carbocycles. The highest BCUT2D eigenvalue weighted by molar-refractivity contribution is 6.03. The van der Waals surface area contributed by atoms with Gasteiger partial charge in [0, 0.05) is 6.54 Å². The Morgan fingerprint density at radius 1 is 1.13 bits per heavy atom. The lowest BCUT2D eigenvalue weighted by atomic mass is 10.0. The van der Waals surface area contributed by atoms with Crippen LogP contribution < -0.4 is 4.74 Å². The van der Waals surface area contributed by atoms with E-state index in [1.54, 1.807) is 12.1 Å². The van der Waals surface area contributed by atoms with Crippen molar-refractivity contribution in [3.63, 3.8) is 0 Å². The summed E-state index contributed by atoms with van der Waals surface area (Å²) in [6, 6.07) is 10.9. The molecule has 0 aromatic heterocycles. The largest absolute Gasteiger partial charge is 0.492 e. The van der Waals surface area contributed by atoms with Gasteiger partial charge in [0.15, 0.2) is 0 Å². The van der Waals surface area contributed by atoms with Crippen molar-refractivity contribution in [1.82, 2.24) is 4.90 Å². The monoisotopic (exact) mass is 335 g/mol. The summed E-state index contributed by atoms with van der Waals surface area (Å²) in [5.41, 5.74) is 0.331. The minimum Gasteiger partial charge on any atom is -0.492 e. The van der Waals surface area contributed by atoms with Gasteiger partial charge in [0.2, 0.25) is 0 Å². The molecule has 1 aliphatic rings. The summed E-state index contributed by atoms with van der Waals surface area (Å²) >= 11 is 0. The number of piperidine rings is 1. The van der Waals surface area contributed by atoms with Crippen LogP contribution in [-0.2, 0) is 0 Å². The molecule has 5 heteroatoms. The number of hydrogen-bond acceptors (Lipinski definition) is 3. The van der Waals surface area contributed by atoms with Crippen molar-refractivity contribution >= 4 is 29.1 Å². The molecule has 23 heavy (non-hydrogen) atoms. The Kier molecular flexibility index (Phi) is 6.25. The third kappa shape index (κ3) is 4.36. The van der Waals surface area contributed by atoms with Gasteiger partial charge in [-0.2, -0.15) is 0 Å². The maximum atomic E-state index is 11.2. The van der Waals surface area contributed by atoms with E-state index >= 15 is 0 Å². The first-order chi connectivity index (χ1) is 10.7. The number of carbonyl (C=O) groups is 1. The molecular weight excluding hydrogens is 314 g/mol. The van der Waals surface area contributed by atoms with Gasteiger partial charge >= 0.3 is 5.97 Å². The summed E-state index contributed by atoms with van der Waals surface area (Å²) in [5.74, 6) is -0.101. The number of ether oxygens (including phenoxy) is 1. The fraction of sp³-hybridized carbons (Fsp3) is 0.389. The number of likely N-dealkylation sites (tertiary alicyclic amines) is 1. The Balaban J connectivity index is 0.00000192. The summed E-state index contributed by atoms with van der Waals surface area (Å²) in [4.78, 5) is 13.6. The van der Waals surface area contributed by atoms with Gasteiger partial charge < -0.3 is 9.84 Å². The molecule has 0 radical (unpaired) electrons. The predicted octanol–water partition coefficient (Wildman–Crippen LogP) is 3.82. The average molecular weight is 336 g/mol. The molecule has 0 saturated carbocycles. The second kappa shape index (κ2) is 8.18. The second-order valence-electron chi connectivity index (χ2n) is 5.74. The average Bonchev–Trinajstić information content (AvgIpc) is 2.55. The Labute approximate surface area is 142 Å². The molecule has 124 valence electrons. The van der Waals surface area contributed by atoms with Gasteiger partial charge in [-0.15, -0.1) is 12.4 Å². The summed E-state index contributed by atoms with van der Waals surface area (Å²) in [6.45, 7) is 3.96. The Hall–Kier alpha value is -1.78. The van der Waals surface area contributed by atoms with E-state index in [2.05, 4.69) is 4.90 Å². The number of hydrogen-bond donors (Lipinski definition) is 1. The van der Waals surface area contributed by atoms with Crippen LogP contribution in [0, 0.1) is 0 Å². The number of nitrogens with zero attached hydrogens (tertiary/aromatic N) is 1. The van der Waals surface area contributed by atoms with E-state index in [1.807, 2.05) is 24.3 Å². The third-order valence-electron chi connectivity index (χ3n) is 4.21. The fourth-order valence-corrected chi connectivity index (χ4v) is 3.01. The molecule has 4 nitrogen and oxygen atoms in total. The fourth-order valence-electron chi connectivity index (χ4n) is 3.01. The van der Waals surface area contributed by atoms with Gasteiger partial charge in [-0.3, -0.25) is 4.90 Å². The lowest BCUT2D eigenvalue weighted by Crippen LogP contribution is -2.33. The molecule has 1 aliphatic heterocycles. The summed E-state index contributed by atoms with van der Waals surface area (Å²) in [6.07, 6.45) is 3.91. The number of aromatic carboxylic acids is 1. The number of halogens is 1. The van der Waals surface area contributed by atoms with Gasteiger partial charge in [0.05, 0.1) is 5.56 Å². The number of rotatable bonds is 5. The number of carboxylic acids is 1. The van der Waals surface area contributed by atoms with Crippen LogP contribution in [0.15, 0.2) is 36.4 Å². The van der Waals surface area contributed by atoms with Gasteiger partial charge in [-0.1, -0.05) is 18.6 Å². The molecule has 1 N–H and O–H groups in total. The third-order valence-corrected chi connectivity index (χ3v) is 4.21. The number of benzene rings is 2. The van der Waals surface area contributed by atoms with Crippen LogP contribution in [0.2, 0.25) is 0 Å². The molecule has 2 aromatic rings. The second-order valence-corrected chi connectivity index (χ2v) is 5.74. The quantitative estimate of drug-likeness (QED) is 0.902. The maximum Gasteiger partial charge on any atom is 0.336 e. The smallest absolute Gasteiger partial charge is 0.336 e. The maximum absolute atomic E-state index is 11.2. The molecular formula is C18H22ClNO3. The lowest BCUT2D eigenvalue weighted by Gasteiger charge is -2.26. The highest BCUT2D eigenvalue weighted by atomic mass is 35.5. The molecule has 1 saturated heterocycles. The van der Waals surface area contributed by atoms with Gasteiger partial charge in [0.25, 0.3) is 0 Å². The van der Waals surface area contributed by atoms with Gasteiger partial charge in [-0.25, -0.2) is 4.79 Å². The number of fused-ring (bicyclic) bond motifs is 1. The van der Waals surface area contributed by atoms with Crippen LogP contribution in [0.3, 0.4) is 0 Å². The van der Waals surface area contributed by atoms with E-state index in [4.69, 9.17) is 4.74 Å². The van der Waals surface area contributed by atoms with E-state index in [1.165, 1.54) is 32.4 Å². The topological polar surface area (TPSA) is 49.8 Å². The van der Waals surface area contributed by atoms with Crippen LogP contribution >= 0.6 is 12.4 Å². The normalized spacial score (nSPS) is 15.1. The van der Waals surface area contributed by atoms with Crippen molar-refractivity contribution in [2.75, 3.05) is 26.2 Å². The van der Waals surface area contributed by atoms with Crippen LogP contribution in [0.5, 0.6) is 5.75 Å². The zero-order chi connectivity index (χ0) is 15.4. The molecule has 0 bridgehead atoms. The molecule has 2 aromatic carbocycles. The van der Waals surface area contributed by atoms with Crippen molar-refractivity contribution in [3.05, 3.63) is 42.0 Å². The Bertz CT molecular complexity index is 668. The summed E-state index contributed by atoms with van der Waals surface area (Å²) in [5, 5.41) is 10.8. The lowest BCUT2D eigenvalue weighted by molar-refractivity contribution is 0.0699. The predicted molar refractivity (Wildman–Crippen MR) is 93.9 cm³/mol. The van der Waals surface area contributed by atoms with Crippen LogP contribution in [0.25, 0.3) is 10.8 Å². The van der Waals surface area contributed by atoms with E-state index in [0.29, 0.717) is 12.2 Å². The van der Waals surface area contributed by atoms with Crippen molar-refractivity contribution < 1.29 is 14.6 Å². The first kappa shape index (κ1) is 17.6. The molecule has 0 spiro atoms. The minimum absolute atomic E-state index is 0. The first-order valence-corrected chi connectivity index (χ1v) is 7.85. The van der Waals surface area contributed by atoms with Crippen molar-refractivity contribution in [3.8, 4) is 5.75 Å². The van der Waals surface area contributed by atoms with E-state index < -0.39 is 5.97 Å². The summed E-state index contributed by atoms with van der Waals surface area (Å²) in [7, 11) is 0. The first-order valence-electron chi connectivity index (χ1n) is 7.85. The van der Waals surface area contributed by atoms with Gasteiger partial charge in [0.1, 0.15) is 12.4 Å². The molecule has 3 rings (SSSR count). The number of carboxylic acid groups (broad SMARTS) is 1. The Morgan fingerprint density at radius 3 is 2.65 bits per heavy atom. The van der Waals surface area contributed by atoms with Crippen LogP contribution in [0.4, 0.5) is 0 Å². The standard InChI is InChI=1S/C18H21NO3.ClH/c20-18(21)17-6-4-5-14-13-15(7-8-16(14)17)22-12-11-19-9-2-1-3-10-19;/h4-8,13H,1-3,9-12H2,(H,20,21);1H.